The number of hydrogen-bond acceptors (Lipinski definition) is 4. The van der Waals surface area contributed by atoms with Crippen molar-refractivity contribution in [3.8, 4) is 0 Å². The lowest BCUT2D eigenvalue weighted by Gasteiger charge is -2.09. The molecule has 0 fully saturated rings. The fourth-order valence-corrected chi connectivity index (χ4v) is 3.09. The molecule has 24 heavy (non-hydrogen) atoms. The van der Waals surface area contributed by atoms with Crippen LogP contribution in [0.3, 0.4) is 0 Å². The molecule has 0 bridgehead atoms. The Labute approximate surface area is 147 Å². The number of amides is 2. The van der Waals surface area contributed by atoms with Gasteiger partial charge in [-0.25, -0.2) is 0 Å². The van der Waals surface area contributed by atoms with E-state index in [2.05, 4.69) is 12.2 Å². The lowest BCUT2D eigenvalue weighted by atomic mass is 10.1. The summed E-state index contributed by atoms with van der Waals surface area (Å²) in [4.78, 5) is 35.6. The number of unbranched alkanes of at least 4 members (excludes halogenated alkanes) is 4. The summed E-state index contributed by atoms with van der Waals surface area (Å²) in [6.07, 6.45) is 6.11. The third-order valence-corrected chi connectivity index (χ3v) is 4.50. The minimum atomic E-state index is -0.462. The van der Waals surface area contributed by atoms with Crippen LogP contribution in [0, 0.1) is 0 Å². The average molecular weight is 350 g/mol. The molecular formula is C18H26N2O3S. The Morgan fingerprint density at radius 1 is 1.04 bits per heavy atom. The number of nitrogens with two attached hydrogens (primary N) is 1. The maximum absolute atomic E-state index is 12.2. The SMILES string of the molecule is CCCCCCCC(=O)Sc1ccccc1C(=O)NCCC(N)=O. The molecular weight excluding hydrogens is 324 g/mol. The van der Waals surface area contributed by atoms with Gasteiger partial charge in [0, 0.05) is 24.3 Å². The Bertz CT molecular complexity index is 561. The van der Waals surface area contributed by atoms with Gasteiger partial charge in [0.2, 0.25) is 5.91 Å². The number of carbonyl (C=O) groups is 3. The first-order chi connectivity index (χ1) is 11.5. The highest BCUT2D eigenvalue weighted by Crippen LogP contribution is 2.25. The van der Waals surface area contributed by atoms with Crippen LogP contribution >= 0.6 is 11.8 Å². The van der Waals surface area contributed by atoms with Crippen LogP contribution in [0.1, 0.15) is 62.2 Å². The van der Waals surface area contributed by atoms with E-state index in [9.17, 15) is 14.4 Å². The quantitative estimate of drug-likeness (QED) is 0.473. The monoisotopic (exact) mass is 350 g/mol. The average Bonchev–Trinajstić information content (AvgIpc) is 2.54. The molecule has 3 N–H and O–H groups in total. The van der Waals surface area contributed by atoms with E-state index in [4.69, 9.17) is 5.73 Å². The van der Waals surface area contributed by atoms with E-state index in [1.54, 1.807) is 24.3 Å². The molecule has 2 amide bonds. The van der Waals surface area contributed by atoms with Crippen LogP contribution in [0.4, 0.5) is 0 Å². The summed E-state index contributed by atoms with van der Waals surface area (Å²) < 4.78 is 0. The molecule has 0 heterocycles. The van der Waals surface area contributed by atoms with Crippen molar-refractivity contribution in [3.05, 3.63) is 29.8 Å². The molecule has 0 saturated carbocycles. The molecule has 0 aliphatic carbocycles. The molecule has 0 aromatic heterocycles. The normalized spacial score (nSPS) is 10.4. The van der Waals surface area contributed by atoms with E-state index < -0.39 is 5.91 Å². The smallest absolute Gasteiger partial charge is 0.252 e. The molecule has 132 valence electrons. The molecule has 1 rings (SSSR count). The molecule has 0 unspecified atom stereocenters. The van der Waals surface area contributed by atoms with Crippen LogP contribution in [0.15, 0.2) is 29.2 Å². The summed E-state index contributed by atoms with van der Waals surface area (Å²) in [5.41, 5.74) is 5.50. The van der Waals surface area contributed by atoms with Gasteiger partial charge in [0.05, 0.1) is 5.56 Å². The summed E-state index contributed by atoms with van der Waals surface area (Å²) in [7, 11) is 0. The van der Waals surface area contributed by atoms with Crippen LogP contribution in [0.25, 0.3) is 0 Å². The zero-order valence-corrected chi connectivity index (χ0v) is 15.0. The van der Waals surface area contributed by atoms with Crippen molar-refractivity contribution < 1.29 is 14.4 Å². The number of rotatable bonds is 11. The van der Waals surface area contributed by atoms with Crippen LogP contribution in [-0.4, -0.2) is 23.5 Å². The number of benzene rings is 1. The predicted molar refractivity (Wildman–Crippen MR) is 96.8 cm³/mol. The molecule has 0 atom stereocenters. The second kappa shape index (κ2) is 11.7. The number of hydrogen-bond donors (Lipinski definition) is 2. The number of primary amides is 1. The molecule has 0 saturated heterocycles. The summed E-state index contributed by atoms with van der Waals surface area (Å²) in [6, 6.07) is 7.00. The van der Waals surface area contributed by atoms with Crippen LogP contribution < -0.4 is 11.1 Å². The van der Waals surface area contributed by atoms with E-state index >= 15 is 0 Å². The minimum absolute atomic E-state index is 0.0730. The summed E-state index contributed by atoms with van der Waals surface area (Å²) in [6.45, 7) is 2.35. The standard InChI is InChI=1S/C18H26N2O3S/c1-2-3-4-5-6-11-17(22)24-15-10-8-7-9-14(15)18(23)20-13-12-16(19)21/h7-10H,2-6,11-13H2,1H3,(H2,19,21)(H,20,23). The van der Waals surface area contributed by atoms with Gasteiger partial charge in [-0.15, -0.1) is 0 Å². The van der Waals surface area contributed by atoms with Crippen LogP contribution in [0.2, 0.25) is 0 Å². The summed E-state index contributed by atoms with van der Waals surface area (Å²) in [5.74, 6) is -0.758. The van der Waals surface area contributed by atoms with Gasteiger partial charge in [0.25, 0.3) is 5.91 Å². The lowest BCUT2D eigenvalue weighted by Crippen LogP contribution is -2.28. The highest BCUT2D eigenvalue weighted by Gasteiger charge is 2.14. The highest BCUT2D eigenvalue weighted by atomic mass is 32.2. The Morgan fingerprint density at radius 2 is 1.75 bits per heavy atom. The Balaban J connectivity index is 2.51. The number of carbonyl (C=O) groups excluding carboxylic acids is 3. The van der Waals surface area contributed by atoms with Crippen molar-refractivity contribution in [2.75, 3.05) is 6.54 Å². The zero-order valence-electron chi connectivity index (χ0n) is 14.2. The van der Waals surface area contributed by atoms with Gasteiger partial charge < -0.3 is 11.1 Å². The molecule has 0 radical (unpaired) electrons. The molecule has 0 aliphatic rings. The van der Waals surface area contributed by atoms with E-state index in [-0.39, 0.29) is 24.0 Å². The van der Waals surface area contributed by atoms with Crippen molar-refractivity contribution in [2.45, 2.75) is 56.8 Å². The Morgan fingerprint density at radius 3 is 2.46 bits per heavy atom. The van der Waals surface area contributed by atoms with Crippen molar-refractivity contribution in [3.63, 3.8) is 0 Å². The largest absolute Gasteiger partial charge is 0.370 e. The molecule has 1 aromatic rings. The molecule has 0 aliphatic heterocycles. The fraction of sp³-hybridized carbons (Fsp3) is 0.500. The van der Waals surface area contributed by atoms with Gasteiger partial charge in [-0.2, -0.15) is 0 Å². The zero-order chi connectivity index (χ0) is 17.8. The van der Waals surface area contributed by atoms with Gasteiger partial charge in [0.1, 0.15) is 0 Å². The molecule has 0 spiro atoms. The first-order valence-electron chi connectivity index (χ1n) is 8.40. The molecule has 1 aromatic carbocycles. The fourth-order valence-electron chi connectivity index (χ4n) is 2.18. The van der Waals surface area contributed by atoms with Crippen LogP contribution in [0.5, 0.6) is 0 Å². The maximum Gasteiger partial charge on any atom is 0.252 e. The maximum atomic E-state index is 12.2. The second-order valence-corrected chi connectivity index (χ2v) is 6.71. The van der Waals surface area contributed by atoms with Crippen molar-refractivity contribution >= 4 is 28.7 Å². The summed E-state index contributed by atoms with van der Waals surface area (Å²) >= 11 is 1.11. The van der Waals surface area contributed by atoms with Crippen molar-refractivity contribution in [1.82, 2.24) is 5.32 Å². The summed E-state index contributed by atoms with van der Waals surface area (Å²) in [5, 5.41) is 2.72. The topological polar surface area (TPSA) is 89.3 Å². The third-order valence-electron chi connectivity index (χ3n) is 3.50. The van der Waals surface area contributed by atoms with Gasteiger partial charge >= 0.3 is 0 Å². The van der Waals surface area contributed by atoms with Gasteiger partial charge in [-0.1, -0.05) is 56.5 Å². The minimum Gasteiger partial charge on any atom is -0.370 e. The van der Waals surface area contributed by atoms with E-state index in [0.717, 1.165) is 31.0 Å². The molecule has 6 heteroatoms. The first kappa shape index (κ1) is 20.2. The van der Waals surface area contributed by atoms with Gasteiger partial charge in [-0.05, 0) is 18.6 Å². The van der Waals surface area contributed by atoms with Gasteiger partial charge in [-0.3, -0.25) is 14.4 Å². The number of thioether (sulfide) groups is 1. The Hall–Kier alpha value is -1.82. The van der Waals surface area contributed by atoms with E-state index in [0.29, 0.717) is 16.9 Å². The second-order valence-electron chi connectivity index (χ2n) is 5.61. The number of nitrogens with one attached hydrogen (secondary N) is 1. The van der Waals surface area contributed by atoms with Crippen molar-refractivity contribution in [1.29, 1.82) is 0 Å². The third kappa shape index (κ3) is 8.15. The van der Waals surface area contributed by atoms with Crippen molar-refractivity contribution in [2.24, 2.45) is 5.73 Å². The first-order valence-corrected chi connectivity index (χ1v) is 9.22. The Kier molecular flexibility index (Phi) is 9.84. The highest BCUT2D eigenvalue weighted by molar-refractivity contribution is 8.13. The van der Waals surface area contributed by atoms with Gasteiger partial charge in [0.15, 0.2) is 5.12 Å². The predicted octanol–water partition coefficient (Wildman–Crippen LogP) is 3.27. The van der Waals surface area contributed by atoms with Crippen LogP contribution in [-0.2, 0) is 9.59 Å². The molecule has 5 nitrogen and oxygen atoms in total. The van der Waals surface area contributed by atoms with E-state index in [1.807, 2.05) is 0 Å². The van der Waals surface area contributed by atoms with E-state index in [1.165, 1.54) is 12.8 Å². The lowest BCUT2D eigenvalue weighted by molar-refractivity contribution is -0.117.